The van der Waals surface area contributed by atoms with E-state index in [0.717, 1.165) is 22.6 Å². The third kappa shape index (κ3) is 3.14. The van der Waals surface area contributed by atoms with Crippen molar-refractivity contribution in [1.82, 2.24) is 0 Å². The summed E-state index contributed by atoms with van der Waals surface area (Å²) in [7, 11) is 0. The third-order valence-corrected chi connectivity index (χ3v) is 2.81. The van der Waals surface area contributed by atoms with Gasteiger partial charge in [-0.3, -0.25) is 0 Å². The van der Waals surface area contributed by atoms with Gasteiger partial charge in [-0.15, -0.1) is 0 Å². The van der Waals surface area contributed by atoms with Gasteiger partial charge >= 0.3 is 0 Å². The topological polar surface area (TPSA) is 35.2 Å². The molecule has 0 aromatic heterocycles. The molecule has 0 aliphatic rings. The largest absolute Gasteiger partial charge is 0.489 e. The Morgan fingerprint density at radius 1 is 1.12 bits per heavy atom. The molecule has 88 valence electrons. The number of nitrogens with two attached hydrogens (primary N) is 1. The minimum absolute atomic E-state index is 0.531. The summed E-state index contributed by atoms with van der Waals surface area (Å²) in [6.45, 7) is 2.52. The van der Waals surface area contributed by atoms with Gasteiger partial charge in [0.25, 0.3) is 0 Å². The maximum Gasteiger partial charge on any atom is 0.119 e. The van der Waals surface area contributed by atoms with Crippen LogP contribution in [0.1, 0.15) is 11.1 Å². The first-order valence-corrected chi connectivity index (χ1v) is 5.76. The molecule has 2 aromatic carbocycles. The van der Waals surface area contributed by atoms with E-state index in [2.05, 4.69) is 0 Å². The number of halogens is 1. The van der Waals surface area contributed by atoms with Gasteiger partial charge in [0.1, 0.15) is 12.4 Å². The number of hydrogen-bond donors (Lipinski definition) is 1. The van der Waals surface area contributed by atoms with Crippen molar-refractivity contribution in [3.63, 3.8) is 0 Å². The molecular weight excluding hydrogens is 234 g/mol. The van der Waals surface area contributed by atoms with Crippen molar-refractivity contribution < 1.29 is 4.74 Å². The SMILES string of the molecule is Cc1cc(COc2ccc(Cl)cc2)ccc1N. The summed E-state index contributed by atoms with van der Waals surface area (Å²) in [4.78, 5) is 0. The van der Waals surface area contributed by atoms with Crippen molar-refractivity contribution in [2.75, 3.05) is 5.73 Å². The van der Waals surface area contributed by atoms with Crippen molar-refractivity contribution in [3.05, 3.63) is 58.6 Å². The van der Waals surface area contributed by atoms with Crippen molar-refractivity contribution in [3.8, 4) is 5.75 Å². The molecule has 2 N–H and O–H groups in total. The first-order chi connectivity index (χ1) is 8.15. The van der Waals surface area contributed by atoms with E-state index in [0.29, 0.717) is 11.6 Å². The number of aryl methyl sites for hydroxylation is 1. The van der Waals surface area contributed by atoms with E-state index >= 15 is 0 Å². The van der Waals surface area contributed by atoms with Crippen LogP contribution in [0, 0.1) is 6.92 Å². The highest BCUT2D eigenvalue weighted by molar-refractivity contribution is 6.30. The molecule has 0 heterocycles. The zero-order valence-electron chi connectivity index (χ0n) is 9.61. The minimum atomic E-state index is 0.531. The van der Waals surface area contributed by atoms with E-state index in [-0.39, 0.29) is 0 Å². The molecule has 2 rings (SSSR count). The standard InChI is InChI=1S/C14H14ClNO/c1-10-8-11(2-7-14(10)16)9-17-13-5-3-12(15)4-6-13/h2-8H,9,16H2,1H3. The molecule has 0 spiro atoms. The summed E-state index contributed by atoms with van der Waals surface area (Å²) in [5, 5.41) is 0.709. The summed E-state index contributed by atoms with van der Waals surface area (Å²) in [6, 6.07) is 13.2. The van der Waals surface area contributed by atoms with Gasteiger partial charge in [0.2, 0.25) is 0 Å². The number of ether oxygens (including phenoxy) is 1. The molecule has 0 unspecified atom stereocenters. The van der Waals surface area contributed by atoms with E-state index in [9.17, 15) is 0 Å². The number of anilines is 1. The molecule has 0 aliphatic heterocycles. The zero-order chi connectivity index (χ0) is 12.3. The van der Waals surface area contributed by atoms with Crippen molar-refractivity contribution in [2.24, 2.45) is 0 Å². The summed E-state index contributed by atoms with van der Waals surface area (Å²) in [5.41, 5.74) is 8.74. The van der Waals surface area contributed by atoms with E-state index < -0.39 is 0 Å². The van der Waals surface area contributed by atoms with Crippen LogP contribution in [0.2, 0.25) is 5.02 Å². The van der Waals surface area contributed by atoms with Crippen molar-refractivity contribution in [2.45, 2.75) is 13.5 Å². The first-order valence-electron chi connectivity index (χ1n) is 5.38. The smallest absolute Gasteiger partial charge is 0.119 e. The highest BCUT2D eigenvalue weighted by atomic mass is 35.5. The Hall–Kier alpha value is -1.67. The average molecular weight is 248 g/mol. The summed E-state index contributed by atoms with van der Waals surface area (Å²) in [5.74, 6) is 0.809. The summed E-state index contributed by atoms with van der Waals surface area (Å²) in [6.07, 6.45) is 0. The van der Waals surface area contributed by atoms with Crippen LogP contribution < -0.4 is 10.5 Å². The predicted octanol–water partition coefficient (Wildman–Crippen LogP) is 3.81. The normalized spacial score (nSPS) is 10.2. The molecule has 0 saturated heterocycles. The average Bonchev–Trinajstić information content (AvgIpc) is 2.33. The van der Waals surface area contributed by atoms with Gasteiger partial charge in [-0.2, -0.15) is 0 Å². The highest BCUT2D eigenvalue weighted by Gasteiger charge is 1.99. The molecule has 0 amide bonds. The van der Waals surface area contributed by atoms with Gasteiger partial charge in [-0.1, -0.05) is 23.7 Å². The molecule has 0 radical (unpaired) electrons. The fourth-order valence-electron chi connectivity index (χ4n) is 1.53. The van der Waals surface area contributed by atoms with E-state index in [1.807, 2.05) is 49.4 Å². The Labute approximate surface area is 106 Å². The van der Waals surface area contributed by atoms with E-state index in [1.165, 1.54) is 0 Å². The quantitative estimate of drug-likeness (QED) is 0.837. The fourth-order valence-corrected chi connectivity index (χ4v) is 1.65. The Morgan fingerprint density at radius 3 is 2.47 bits per heavy atom. The molecule has 0 saturated carbocycles. The van der Waals surface area contributed by atoms with Crippen LogP contribution in [-0.4, -0.2) is 0 Å². The van der Waals surface area contributed by atoms with E-state index in [4.69, 9.17) is 22.1 Å². The lowest BCUT2D eigenvalue weighted by Gasteiger charge is -2.08. The maximum absolute atomic E-state index is 5.80. The maximum atomic E-state index is 5.80. The van der Waals surface area contributed by atoms with Gasteiger partial charge in [-0.25, -0.2) is 0 Å². The number of hydrogen-bond acceptors (Lipinski definition) is 2. The zero-order valence-corrected chi connectivity index (χ0v) is 10.4. The lowest BCUT2D eigenvalue weighted by atomic mass is 10.1. The van der Waals surface area contributed by atoms with Gasteiger partial charge in [0, 0.05) is 10.7 Å². The summed E-state index contributed by atoms with van der Waals surface area (Å²) < 4.78 is 5.64. The monoisotopic (exact) mass is 247 g/mol. The molecule has 2 aromatic rings. The van der Waals surface area contributed by atoms with Gasteiger partial charge in [0.15, 0.2) is 0 Å². The van der Waals surface area contributed by atoms with Gasteiger partial charge < -0.3 is 10.5 Å². The minimum Gasteiger partial charge on any atom is -0.489 e. The first kappa shape index (κ1) is 11.8. The molecule has 0 atom stereocenters. The second-order valence-corrected chi connectivity index (χ2v) is 4.37. The van der Waals surface area contributed by atoms with Crippen LogP contribution in [0.25, 0.3) is 0 Å². The highest BCUT2D eigenvalue weighted by Crippen LogP contribution is 2.18. The van der Waals surface area contributed by atoms with Gasteiger partial charge in [-0.05, 0) is 48.4 Å². The Morgan fingerprint density at radius 2 is 1.82 bits per heavy atom. The Balaban J connectivity index is 2.02. The number of nitrogen functional groups attached to an aromatic ring is 1. The lowest BCUT2D eigenvalue weighted by molar-refractivity contribution is 0.306. The van der Waals surface area contributed by atoms with Crippen LogP contribution in [0.3, 0.4) is 0 Å². The van der Waals surface area contributed by atoms with Crippen molar-refractivity contribution >= 4 is 17.3 Å². The van der Waals surface area contributed by atoms with Crippen LogP contribution in [0.4, 0.5) is 5.69 Å². The molecule has 17 heavy (non-hydrogen) atoms. The van der Waals surface area contributed by atoms with Gasteiger partial charge in [0.05, 0.1) is 0 Å². The molecular formula is C14H14ClNO. The number of benzene rings is 2. The Bertz CT molecular complexity index is 508. The predicted molar refractivity (Wildman–Crippen MR) is 71.4 cm³/mol. The number of rotatable bonds is 3. The lowest BCUT2D eigenvalue weighted by Crippen LogP contribution is -1.97. The fraction of sp³-hybridized carbons (Fsp3) is 0.143. The van der Waals surface area contributed by atoms with Crippen molar-refractivity contribution in [1.29, 1.82) is 0 Å². The third-order valence-electron chi connectivity index (χ3n) is 2.55. The van der Waals surface area contributed by atoms with E-state index in [1.54, 1.807) is 0 Å². The summed E-state index contributed by atoms with van der Waals surface area (Å²) >= 11 is 5.80. The van der Waals surface area contributed by atoms with Crippen LogP contribution in [0.15, 0.2) is 42.5 Å². The second kappa shape index (κ2) is 5.11. The Kier molecular flexibility index (Phi) is 3.55. The van der Waals surface area contributed by atoms with Crippen LogP contribution in [0.5, 0.6) is 5.75 Å². The molecule has 2 nitrogen and oxygen atoms in total. The van der Waals surface area contributed by atoms with Crippen LogP contribution in [-0.2, 0) is 6.61 Å². The second-order valence-electron chi connectivity index (χ2n) is 3.93. The molecule has 0 aliphatic carbocycles. The molecule has 0 bridgehead atoms. The molecule has 0 fully saturated rings. The molecule has 3 heteroatoms. The van der Waals surface area contributed by atoms with Crippen LogP contribution >= 0.6 is 11.6 Å².